The molecule has 0 amide bonds. The molecule has 0 unspecified atom stereocenters. The number of imidazole rings is 1. The number of H-pyrrole nitrogens is 1. The molecule has 3 heterocycles. The van der Waals surface area contributed by atoms with Crippen LogP contribution in [0.2, 0.25) is 0 Å². The summed E-state index contributed by atoms with van der Waals surface area (Å²) < 4.78 is 15.1. The van der Waals surface area contributed by atoms with Gasteiger partial charge in [0.05, 0.1) is 17.2 Å². The van der Waals surface area contributed by atoms with Crippen LogP contribution in [0.4, 0.5) is 4.39 Å². The number of rotatable bonds is 2. The van der Waals surface area contributed by atoms with Crippen molar-refractivity contribution >= 4 is 11.0 Å². The molecule has 4 rings (SSSR count). The van der Waals surface area contributed by atoms with E-state index >= 15 is 0 Å². The summed E-state index contributed by atoms with van der Waals surface area (Å²) in [6.45, 7) is 0. The Kier molecular flexibility index (Phi) is 3.01. The van der Waals surface area contributed by atoms with Crippen molar-refractivity contribution in [3.8, 4) is 17.1 Å². The number of hydrogen-bond donors (Lipinski definition) is 1. The first-order chi connectivity index (χ1) is 11.2. The molecule has 0 aliphatic heterocycles. The molecular weight excluding hydrogens is 295 g/mol. The first kappa shape index (κ1) is 13.4. The SMILES string of the molecule is O=c1cc(-c2nc3ccncc3n2-c2ccc(F)cc2)cc[nH]1. The largest absolute Gasteiger partial charge is 0.329 e. The van der Waals surface area contributed by atoms with Gasteiger partial charge in [-0.15, -0.1) is 0 Å². The third-order valence-corrected chi connectivity index (χ3v) is 3.57. The van der Waals surface area contributed by atoms with Gasteiger partial charge in [-0.1, -0.05) is 0 Å². The quantitative estimate of drug-likeness (QED) is 0.619. The number of fused-ring (bicyclic) bond motifs is 1. The lowest BCUT2D eigenvalue weighted by atomic mass is 10.2. The smallest absolute Gasteiger partial charge is 0.248 e. The third kappa shape index (κ3) is 2.30. The summed E-state index contributed by atoms with van der Waals surface area (Å²) in [6.07, 6.45) is 4.93. The Balaban J connectivity index is 2.06. The van der Waals surface area contributed by atoms with Crippen molar-refractivity contribution < 1.29 is 4.39 Å². The van der Waals surface area contributed by atoms with Gasteiger partial charge in [0.15, 0.2) is 0 Å². The van der Waals surface area contributed by atoms with Crippen molar-refractivity contribution in [3.05, 3.63) is 77.2 Å². The lowest BCUT2D eigenvalue weighted by molar-refractivity contribution is 0.627. The van der Waals surface area contributed by atoms with Crippen molar-refractivity contribution in [1.29, 1.82) is 0 Å². The van der Waals surface area contributed by atoms with Gasteiger partial charge in [0, 0.05) is 29.7 Å². The summed E-state index contributed by atoms with van der Waals surface area (Å²) in [6, 6.07) is 11.2. The van der Waals surface area contributed by atoms with E-state index in [-0.39, 0.29) is 11.4 Å². The average Bonchev–Trinajstić information content (AvgIpc) is 2.95. The Bertz CT molecular complexity index is 1050. The summed E-state index contributed by atoms with van der Waals surface area (Å²) >= 11 is 0. The first-order valence-electron chi connectivity index (χ1n) is 7.00. The van der Waals surface area contributed by atoms with E-state index in [0.717, 1.165) is 16.7 Å². The van der Waals surface area contributed by atoms with Crippen LogP contribution in [0.15, 0.2) is 65.8 Å². The molecule has 0 saturated carbocycles. The van der Waals surface area contributed by atoms with Crippen LogP contribution >= 0.6 is 0 Å². The Morgan fingerprint density at radius 3 is 2.70 bits per heavy atom. The van der Waals surface area contributed by atoms with Crippen molar-refractivity contribution in [2.75, 3.05) is 0 Å². The fourth-order valence-electron chi connectivity index (χ4n) is 2.55. The van der Waals surface area contributed by atoms with Crippen LogP contribution in [0, 0.1) is 5.82 Å². The van der Waals surface area contributed by atoms with Gasteiger partial charge in [-0.05, 0) is 36.4 Å². The van der Waals surface area contributed by atoms with E-state index in [1.165, 1.54) is 18.2 Å². The molecule has 0 aliphatic rings. The van der Waals surface area contributed by atoms with Gasteiger partial charge in [0.25, 0.3) is 0 Å². The maximum Gasteiger partial charge on any atom is 0.248 e. The zero-order chi connectivity index (χ0) is 15.8. The van der Waals surface area contributed by atoms with Crippen molar-refractivity contribution in [2.45, 2.75) is 0 Å². The monoisotopic (exact) mass is 306 g/mol. The van der Waals surface area contributed by atoms with Gasteiger partial charge in [0.1, 0.15) is 11.6 Å². The van der Waals surface area contributed by atoms with E-state index in [9.17, 15) is 9.18 Å². The molecule has 0 radical (unpaired) electrons. The number of hydrogen-bond acceptors (Lipinski definition) is 3. The zero-order valence-corrected chi connectivity index (χ0v) is 11.9. The molecule has 5 nitrogen and oxygen atoms in total. The van der Waals surface area contributed by atoms with Crippen molar-refractivity contribution in [2.24, 2.45) is 0 Å². The van der Waals surface area contributed by atoms with Crippen LogP contribution in [0.25, 0.3) is 28.1 Å². The van der Waals surface area contributed by atoms with Crippen LogP contribution in [-0.4, -0.2) is 19.5 Å². The number of pyridine rings is 2. The molecule has 0 bridgehead atoms. The second-order valence-corrected chi connectivity index (χ2v) is 5.05. The van der Waals surface area contributed by atoms with Crippen LogP contribution < -0.4 is 5.56 Å². The van der Waals surface area contributed by atoms with E-state index in [2.05, 4.69) is 15.0 Å². The molecule has 3 aromatic heterocycles. The Morgan fingerprint density at radius 1 is 1.09 bits per heavy atom. The number of aromatic amines is 1. The topological polar surface area (TPSA) is 63.6 Å². The van der Waals surface area contributed by atoms with E-state index in [1.807, 2.05) is 4.57 Å². The Labute approximate surface area is 130 Å². The molecule has 4 aromatic rings. The van der Waals surface area contributed by atoms with Crippen molar-refractivity contribution in [1.82, 2.24) is 19.5 Å². The number of nitrogens with zero attached hydrogens (tertiary/aromatic N) is 3. The predicted octanol–water partition coefficient (Wildman–Crippen LogP) is 2.91. The highest BCUT2D eigenvalue weighted by Gasteiger charge is 2.14. The molecule has 23 heavy (non-hydrogen) atoms. The van der Waals surface area contributed by atoms with Gasteiger partial charge in [-0.25, -0.2) is 9.37 Å². The van der Waals surface area contributed by atoms with E-state index in [4.69, 9.17) is 0 Å². The average molecular weight is 306 g/mol. The normalized spacial score (nSPS) is 11.0. The molecular formula is C17H11FN4O. The number of aromatic nitrogens is 4. The molecule has 0 aliphatic carbocycles. The second-order valence-electron chi connectivity index (χ2n) is 5.05. The summed E-state index contributed by atoms with van der Waals surface area (Å²) in [5, 5.41) is 0. The second kappa shape index (κ2) is 5.17. The fraction of sp³-hybridized carbons (Fsp3) is 0. The maximum atomic E-state index is 13.2. The number of benzene rings is 1. The Morgan fingerprint density at radius 2 is 1.91 bits per heavy atom. The number of nitrogens with one attached hydrogen (secondary N) is 1. The van der Waals surface area contributed by atoms with Crippen LogP contribution in [0.5, 0.6) is 0 Å². The Hall–Kier alpha value is -3.28. The lowest BCUT2D eigenvalue weighted by Gasteiger charge is -2.09. The minimum atomic E-state index is -0.311. The number of halogens is 1. The maximum absolute atomic E-state index is 13.2. The first-order valence-corrected chi connectivity index (χ1v) is 7.00. The van der Waals surface area contributed by atoms with E-state index in [1.54, 1.807) is 42.9 Å². The molecule has 112 valence electrons. The van der Waals surface area contributed by atoms with Crippen molar-refractivity contribution in [3.63, 3.8) is 0 Å². The van der Waals surface area contributed by atoms with E-state index in [0.29, 0.717) is 11.4 Å². The summed E-state index contributed by atoms with van der Waals surface area (Å²) in [4.78, 5) is 22.9. The summed E-state index contributed by atoms with van der Waals surface area (Å²) in [7, 11) is 0. The van der Waals surface area contributed by atoms with Gasteiger partial charge < -0.3 is 4.98 Å². The van der Waals surface area contributed by atoms with Gasteiger partial charge in [0.2, 0.25) is 5.56 Å². The molecule has 1 N–H and O–H groups in total. The van der Waals surface area contributed by atoms with Crippen LogP contribution in [-0.2, 0) is 0 Å². The molecule has 0 atom stereocenters. The lowest BCUT2D eigenvalue weighted by Crippen LogP contribution is -2.04. The molecule has 1 aromatic carbocycles. The van der Waals surface area contributed by atoms with Crippen LogP contribution in [0.3, 0.4) is 0 Å². The highest BCUT2D eigenvalue weighted by molar-refractivity contribution is 5.82. The highest BCUT2D eigenvalue weighted by Crippen LogP contribution is 2.27. The van der Waals surface area contributed by atoms with Gasteiger partial charge in [-0.2, -0.15) is 0 Å². The summed E-state index contributed by atoms with van der Waals surface area (Å²) in [5.74, 6) is 0.291. The zero-order valence-electron chi connectivity index (χ0n) is 11.9. The third-order valence-electron chi connectivity index (χ3n) is 3.57. The molecule has 0 fully saturated rings. The predicted molar refractivity (Wildman–Crippen MR) is 84.9 cm³/mol. The molecule has 0 saturated heterocycles. The standard InChI is InChI=1S/C17H11FN4O/c18-12-1-3-13(4-2-12)22-15-10-19-7-6-14(15)21-17(22)11-5-8-20-16(23)9-11/h1-10H,(H,20,23). The minimum absolute atomic E-state index is 0.210. The van der Waals surface area contributed by atoms with E-state index < -0.39 is 0 Å². The highest BCUT2D eigenvalue weighted by atomic mass is 19.1. The minimum Gasteiger partial charge on any atom is -0.329 e. The molecule has 6 heteroatoms. The van der Waals surface area contributed by atoms with Crippen LogP contribution in [0.1, 0.15) is 0 Å². The van der Waals surface area contributed by atoms with Gasteiger partial charge >= 0.3 is 0 Å². The molecule has 0 spiro atoms. The fourth-order valence-corrected chi connectivity index (χ4v) is 2.55. The van der Waals surface area contributed by atoms with Gasteiger partial charge in [-0.3, -0.25) is 14.3 Å². The summed E-state index contributed by atoms with van der Waals surface area (Å²) in [5.41, 5.74) is 2.75.